The Morgan fingerprint density at radius 1 is 0.760 bits per heavy atom. The SMILES string of the molecule is CCCCCCCC(CCCCC)N(C)CCCN1CCN(C)CC1. The van der Waals surface area contributed by atoms with Gasteiger partial charge in [0.15, 0.2) is 0 Å². The van der Waals surface area contributed by atoms with Gasteiger partial charge in [0, 0.05) is 32.2 Å². The fraction of sp³-hybridized carbons (Fsp3) is 1.00. The van der Waals surface area contributed by atoms with E-state index in [2.05, 4.69) is 42.6 Å². The molecule has 3 nitrogen and oxygen atoms in total. The molecule has 0 saturated carbocycles. The second kappa shape index (κ2) is 15.0. The Hall–Kier alpha value is -0.120. The molecule has 1 fully saturated rings. The number of unbranched alkanes of at least 4 members (excludes halogenated alkanes) is 6. The first kappa shape index (κ1) is 22.9. The molecule has 1 aliphatic heterocycles. The van der Waals surface area contributed by atoms with Crippen LogP contribution in [0.3, 0.4) is 0 Å². The van der Waals surface area contributed by atoms with Gasteiger partial charge in [-0.3, -0.25) is 0 Å². The van der Waals surface area contributed by atoms with Gasteiger partial charge in [-0.25, -0.2) is 0 Å². The van der Waals surface area contributed by atoms with E-state index in [1.54, 1.807) is 0 Å². The zero-order valence-corrected chi connectivity index (χ0v) is 17.9. The van der Waals surface area contributed by atoms with Crippen molar-refractivity contribution in [3.8, 4) is 0 Å². The summed E-state index contributed by atoms with van der Waals surface area (Å²) in [6, 6.07) is 0.820. The van der Waals surface area contributed by atoms with Crippen LogP contribution in [0, 0.1) is 0 Å². The molecular formula is C22H47N3. The van der Waals surface area contributed by atoms with Gasteiger partial charge in [0.2, 0.25) is 0 Å². The molecule has 1 saturated heterocycles. The summed E-state index contributed by atoms with van der Waals surface area (Å²) in [5, 5.41) is 0. The largest absolute Gasteiger partial charge is 0.304 e. The predicted molar refractivity (Wildman–Crippen MR) is 112 cm³/mol. The summed E-state index contributed by atoms with van der Waals surface area (Å²) < 4.78 is 0. The van der Waals surface area contributed by atoms with Gasteiger partial charge in [-0.15, -0.1) is 0 Å². The van der Waals surface area contributed by atoms with Crippen molar-refractivity contribution in [2.45, 2.75) is 90.5 Å². The second-order valence-electron chi connectivity index (χ2n) is 8.33. The van der Waals surface area contributed by atoms with Crippen LogP contribution in [0.15, 0.2) is 0 Å². The highest BCUT2D eigenvalue weighted by Crippen LogP contribution is 2.17. The lowest BCUT2D eigenvalue weighted by Gasteiger charge is -2.33. The number of hydrogen-bond acceptors (Lipinski definition) is 3. The van der Waals surface area contributed by atoms with Crippen molar-refractivity contribution in [2.24, 2.45) is 0 Å². The van der Waals surface area contributed by atoms with Crippen molar-refractivity contribution in [3.63, 3.8) is 0 Å². The third-order valence-electron chi connectivity index (χ3n) is 5.99. The molecule has 0 aromatic heterocycles. The standard InChI is InChI=1S/C22H47N3/c1-5-7-9-10-12-15-22(14-11-8-6-2)24(4)16-13-17-25-20-18-23(3)19-21-25/h22H,5-21H2,1-4H3. The van der Waals surface area contributed by atoms with Gasteiger partial charge in [-0.05, 0) is 46.4 Å². The maximum Gasteiger partial charge on any atom is 0.0110 e. The molecule has 0 spiro atoms. The van der Waals surface area contributed by atoms with Gasteiger partial charge in [-0.2, -0.15) is 0 Å². The highest BCUT2D eigenvalue weighted by Gasteiger charge is 2.16. The van der Waals surface area contributed by atoms with E-state index in [1.807, 2.05) is 0 Å². The van der Waals surface area contributed by atoms with Crippen molar-refractivity contribution in [2.75, 3.05) is 53.4 Å². The smallest absolute Gasteiger partial charge is 0.0110 e. The van der Waals surface area contributed by atoms with Gasteiger partial charge in [0.25, 0.3) is 0 Å². The van der Waals surface area contributed by atoms with E-state index >= 15 is 0 Å². The van der Waals surface area contributed by atoms with Gasteiger partial charge in [0.05, 0.1) is 0 Å². The molecule has 1 heterocycles. The number of piperazine rings is 1. The molecule has 0 radical (unpaired) electrons. The van der Waals surface area contributed by atoms with Crippen molar-refractivity contribution in [1.82, 2.24) is 14.7 Å². The molecule has 0 N–H and O–H groups in total. The fourth-order valence-corrected chi connectivity index (χ4v) is 4.00. The van der Waals surface area contributed by atoms with Crippen LogP contribution in [0.4, 0.5) is 0 Å². The zero-order valence-electron chi connectivity index (χ0n) is 17.9. The molecule has 1 unspecified atom stereocenters. The van der Waals surface area contributed by atoms with E-state index in [9.17, 15) is 0 Å². The Kier molecular flexibility index (Phi) is 13.7. The van der Waals surface area contributed by atoms with Crippen LogP contribution < -0.4 is 0 Å². The molecule has 3 heteroatoms. The van der Waals surface area contributed by atoms with Crippen LogP contribution in [0.25, 0.3) is 0 Å². The van der Waals surface area contributed by atoms with Crippen LogP contribution in [0.1, 0.15) is 84.5 Å². The van der Waals surface area contributed by atoms with E-state index in [4.69, 9.17) is 0 Å². The first-order valence-corrected chi connectivity index (χ1v) is 11.3. The molecule has 0 aromatic carbocycles. The van der Waals surface area contributed by atoms with Crippen LogP contribution in [-0.4, -0.2) is 74.1 Å². The number of hydrogen-bond donors (Lipinski definition) is 0. The minimum atomic E-state index is 0.820. The lowest BCUT2D eigenvalue weighted by molar-refractivity contribution is 0.141. The highest BCUT2D eigenvalue weighted by molar-refractivity contribution is 4.72. The van der Waals surface area contributed by atoms with Crippen molar-refractivity contribution >= 4 is 0 Å². The summed E-state index contributed by atoms with van der Waals surface area (Å²) in [5.74, 6) is 0. The Labute approximate surface area is 159 Å². The molecule has 1 rings (SSSR count). The molecule has 0 aromatic rings. The fourth-order valence-electron chi connectivity index (χ4n) is 4.00. The Balaban J connectivity index is 2.23. The van der Waals surface area contributed by atoms with E-state index < -0.39 is 0 Å². The molecular weight excluding hydrogens is 306 g/mol. The minimum Gasteiger partial charge on any atom is -0.304 e. The maximum atomic E-state index is 2.69. The summed E-state index contributed by atoms with van der Waals surface area (Å²) in [4.78, 5) is 7.79. The first-order valence-electron chi connectivity index (χ1n) is 11.3. The summed E-state index contributed by atoms with van der Waals surface area (Å²) in [7, 11) is 4.62. The molecule has 0 bridgehead atoms. The van der Waals surface area contributed by atoms with E-state index in [1.165, 1.54) is 110 Å². The first-order chi connectivity index (χ1) is 12.2. The van der Waals surface area contributed by atoms with Crippen molar-refractivity contribution in [1.29, 1.82) is 0 Å². The van der Waals surface area contributed by atoms with Crippen molar-refractivity contribution < 1.29 is 0 Å². The number of likely N-dealkylation sites (N-methyl/N-ethyl adjacent to an activating group) is 1. The second-order valence-corrected chi connectivity index (χ2v) is 8.33. The molecule has 1 atom stereocenters. The van der Waals surface area contributed by atoms with Gasteiger partial charge < -0.3 is 14.7 Å². The molecule has 1 aliphatic rings. The Bertz CT molecular complexity index is 287. The number of rotatable bonds is 15. The summed E-state index contributed by atoms with van der Waals surface area (Å²) >= 11 is 0. The zero-order chi connectivity index (χ0) is 18.3. The third kappa shape index (κ3) is 11.2. The third-order valence-corrected chi connectivity index (χ3v) is 5.99. The minimum absolute atomic E-state index is 0.820. The van der Waals surface area contributed by atoms with Crippen LogP contribution in [-0.2, 0) is 0 Å². The quantitative estimate of drug-likeness (QED) is 0.389. The lowest BCUT2D eigenvalue weighted by Crippen LogP contribution is -2.45. The molecule has 25 heavy (non-hydrogen) atoms. The lowest BCUT2D eigenvalue weighted by atomic mass is 10.00. The molecule has 0 aliphatic carbocycles. The van der Waals surface area contributed by atoms with Gasteiger partial charge >= 0.3 is 0 Å². The summed E-state index contributed by atoms with van der Waals surface area (Å²) in [6.45, 7) is 12.2. The van der Waals surface area contributed by atoms with E-state index in [-0.39, 0.29) is 0 Å². The van der Waals surface area contributed by atoms with Crippen LogP contribution in [0.2, 0.25) is 0 Å². The van der Waals surface area contributed by atoms with Gasteiger partial charge in [0.1, 0.15) is 0 Å². The van der Waals surface area contributed by atoms with Crippen molar-refractivity contribution in [3.05, 3.63) is 0 Å². The maximum absolute atomic E-state index is 2.69. The average molecular weight is 354 g/mol. The monoisotopic (exact) mass is 353 g/mol. The normalized spacial score (nSPS) is 18.1. The molecule has 0 amide bonds. The summed E-state index contributed by atoms with van der Waals surface area (Å²) in [5.41, 5.74) is 0. The molecule has 150 valence electrons. The van der Waals surface area contributed by atoms with Crippen LogP contribution in [0.5, 0.6) is 0 Å². The highest BCUT2D eigenvalue weighted by atomic mass is 15.2. The predicted octanol–water partition coefficient (Wildman–Crippen LogP) is 4.87. The van der Waals surface area contributed by atoms with E-state index in [0.29, 0.717) is 0 Å². The van der Waals surface area contributed by atoms with Crippen LogP contribution >= 0.6 is 0 Å². The number of nitrogens with zero attached hydrogens (tertiary/aromatic N) is 3. The van der Waals surface area contributed by atoms with E-state index in [0.717, 1.165) is 6.04 Å². The average Bonchev–Trinajstić information content (AvgIpc) is 2.61. The Morgan fingerprint density at radius 3 is 1.96 bits per heavy atom. The topological polar surface area (TPSA) is 9.72 Å². The van der Waals surface area contributed by atoms with Gasteiger partial charge in [-0.1, -0.05) is 65.2 Å². The summed E-state index contributed by atoms with van der Waals surface area (Å²) in [6.07, 6.45) is 15.4. The Morgan fingerprint density at radius 2 is 1.32 bits per heavy atom.